The topological polar surface area (TPSA) is 218 Å². The lowest BCUT2D eigenvalue weighted by molar-refractivity contribution is -0.474. The summed E-state index contributed by atoms with van der Waals surface area (Å²) in [6, 6.07) is 1.53. The Balaban J connectivity index is 1.35. The molecule has 0 amide bonds. The third-order valence-electron chi connectivity index (χ3n) is 13.1. The van der Waals surface area contributed by atoms with Gasteiger partial charge in [-0.3, -0.25) is 9.59 Å². The van der Waals surface area contributed by atoms with Gasteiger partial charge in [0.25, 0.3) is 0 Å². The van der Waals surface area contributed by atoms with Crippen LogP contribution >= 0.6 is 0 Å². The summed E-state index contributed by atoms with van der Waals surface area (Å²) in [7, 11) is 0. The second-order valence-electron chi connectivity index (χ2n) is 14.5. The molecule has 242 valence electrons. The predicted molar refractivity (Wildman–Crippen MR) is 139 cm³/mol. The number of esters is 2. The normalized spacial score (nSPS) is 59.5. The molecule has 6 N–H and O–H groups in total. The van der Waals surface area contributed by atoms with Gasteiger partial charge in [-0.2, -0.15) is 0 Å². The Morgan fingerprint density at radius 3 is 2.36 bits per heavy atom. The number of ether oxygens (including phenoxy) is 5. The fraction of sp³-hybridized carbons (Fsp3) is 0.800. The van der Waals surface area contributed by atoms with Crippen molar-refractivity contribution in [1.29, 1.82) is 0 Å². The highest BCUT2D eigenvalue weighted by atomic mass is 16.7. The van der Waals surface area contributed by atoms with Crippen LogP contribution in [0, 0.1) is 34.0 Å². The van der Waals surface area contributed by atoms with Crippen molar-refractivity contribution >= 4 is 11.9 Å². The van der Waals surface area contributed by atoms with Gasteiger partial charge in [0.1, 0.15) is 22.9 Å². The van der Waals surface area contributed by atoms with E-state index in [0.717, 1.165) is 13.8 Å². The van der Waals surface area contributed by atoms with Gasteiger partial charge in [-0.1, -0.05) is 6.92 Å². The largest absolute Gasteiger partial charge is 0.472 e. The average Bonchev–Trinajstić information content (AvgIpc) is 3.28. The molecule has 3 bridgehead atoms. The first kappa shape index (κ1) is 29.3. The zero-order valence-electron chi connectivity index (χ0n) is 24.7. The predicted octanol–water partition coefficient (Wildman–Crippen LogP) is -1.33. The molecule has 1 aromatic heterocycles. The number of hydrogen-bond acceptors (Lipinski definition) is 14. The Labute approximate surface area is 251 Å². The lowest BCUT2D eigenvalue weighted by atomic mass is 9.37. The van der Waals surface area contributed by atoms with Crippen molar-refractivity contribution in [2.75, 3.05) is 6.61 Å². The highest BCUT2D eigenvalue weighted by Crippen LogP contribution is 2.84. The summed E-state index contributed by atoms with van der Waals surface area (Å²) in [6.45, 7) is 5.05. The average molecular weight is 623 g/mol. The van der Waals surface area contributed by atoms with Crippen molar-refractivity contribution in [3.63, 3.8) is 0 Å². The van der Waals surface area contributed by atoms with Crippen molar-refractivity contribution in [2.24, 2.45) is 34.0 Å². The van der Waals surface area contributed by atoms with Crippen molar-refractivity contribution in [2.45, 2.75) is 107 Å². The van der Waals surface area contributed by atoms with E-state index in [1.54, 1.807) is 6.92 Å². The molecule has 3 aliphatic heterocycles. The number of rotatable bonds is 3. The Bertz CT molecular complexity index is 1410. The minimum absolute atomic E-state index is 0.0553. The monoisotopic (exact) mass is 622 g/mol. The number of carbonyl (C=O) groups excluding carboxylic acids is 2. The Hall–Kier alpha value is -2.14. The van der Waals surface area contributed by atoms with Crippen LogP contribution < -0.4 is 0 Å². The van der Waals surface area contributed by atoms with E-state index in [1.807, 2.05) is 0 Å². The maximum Gasteiger partial charge on any atom is 0.303 e. The fourth-order valence-electron chi connectivity index (χ4n) is 11.5. The zero-order valence-corrected chi connectivity index (χ0v) is 24.7. The molecule has 8 rings (SSSR count). The molecule has 17 atom stereocenters. The summed E-state index contributed by atoms with van der Waals surface area (Å²) in [4.78, 5) is 24.7. The van der Waals surface area contributed by atoms with Crippen LogP contribution in [0.3, 0.4) is 0 Å². The Kier molecular flexibility index (Phi) is 5.60. The molecule has 14 heteroatoms. The Morgan fingerprint density at radius 1 is 1.02 bits per heavy atom. The molecule has 0 radical (unpaired) electrons. The number of epoxide rings is 1. The molecule has 3 saturated heterocycles. The second-order valence-corrected chi connectivity index (χ2v) is 14.5. The van der Waals surface area contributed by atoms with Crippen molar-refractivity contribution in [3.8, 4) is 0 Å². The summed E-state index contributed by atoms with van der Waals surface area (Å²) in [6.07, 6.45) is -8.57. The van der Waals surface area contributed by atoms with Crippen molar-refractivity contribution in [1.82, 2.24) is 0 Å². The van der Waals surface area contributed by atoms with Crippen LogP contribution in [0.2, 0.25) is 0 Å². The van der Waals surface area contributed by atoms with Crippen LogP contribution in [-0.2, 0) is 38.9 Å². The third kappa shape index (κ3) is 2.79. The van der Waals surface area contributed by atoms with Crippen LogP contribution in [-0.4, -0.2) is 110 Å². The molecule has 1 aromatic rings. The minimum Gasteiger partial charge on any atom is -0.472 e. The van der Waals surface area contributed by atoms with Crippen LogP contribution in [0.5, 0.6) is 0 Å². The van der Waals surface area contributed by atoms with Gasteiger partial charge < -0.3 is 58.7 Å². The fourth-order valence-corrected chi connectivity index (χ4v) is 11.5. The van der Waals surface area contributed by atoms with Gasteiger partial charge in [-0.05, 0) is 25.3 Å². The highest BCUT2D eigenvalue weighted by molar-refractivity contribution is 5.68. The first-order valence-electron chi connectivity index (χ1n) is 15.1. The summed E-state index contributed by atoms with van der Waals surface area (Å²) < 4.78 is 35.3. The van der Waals surface area contributed by atoms with E-state index < -0.39 is 112 Å². The van der Waals surface area contributed by atoms with Crippen LogP contribution in [0.15, 0.2) is 23.0 Å². The maximum atomic E-state index is 12.5. The molecule has 7 aliphatic rings. The summed E-state index contributed by atoms with van der Waals surface area (Å²) in [5, 5.41) is 73.1. The third-order valence-corrected chi connectivity index (χ3v) is 13.1. The van der Waals surface area contributed by atoms with Gasteiger partial charge in [-0.15, -0.1) is 0 Å². The number of aliphatic hydroxyl groups is 6. The highest BCUT2D eigenvalue weighted by Gasteiger charge is 2.96. The van der Waals surface area contributed by atoms with Gasteiger partial charge in [0, 0.05) is 37.7 Å². The van der Waals surface area contributed by atoms with Gasteiger partial charge in [-0.25, -0.2) is 0 Å². The van der Waals surface area contributed by atoms with E-state index in [0.29, 0.717) is 0 Å². The molecule has 4 aliphatic carbocycles. The zero-order chi connectivity index (χ0) is 31.6. The van der Waals surface area contributed by atoms with Crippen molar-refractivity contribution < 1.29 is 68.3 Å². The van der Waals surface area contributed by atoms with E-state index in [2.05, 4.69) is 0 Å². The van der Waals surface area contributed by atoms with E-state index in [1.165, 1.54) is 25.5 Å². The first-order chi connectivity index (χ1) is 20.6. The first-order valence-corrected chi connectivity index (χ1v) is 15.1. The van der Waals surface area contributed by atoms with Gasteiger partial charge in [0.2, 0.25) is 0 Å². The number of furan rings is 1. The number of aliphatic hydroxyl groups excluding tert-OH is 4. The SMILES string of the molecule is CC(=O)OC1C(OC(C)=O)C2(C)C(O)OC3OCC45C(O)CC2C3(C1O)C4C(O)C1C(C)(O)C(O)(c2ccoc2)CC2OC215. The molecule has 4 heterocycles. The van der Waals surface area contributed by atoms with Crippen LogP contribution in [0.4, 0.5) is 0 Å². The summed E-state index contributed by atoms with van der Waals surface area (Å²) in [5.41, 5.74) is -9.70. The molecular formula is C30H38O14. The Morgan fingerprint density at radius 2 is 1.73 bits per heavy atom. The van der Waals surface area contributed by atoms with Crippen molar-refractivity contribution in [3.05, 3.63) is 24.2 Å². The molecule has 4 saturated carbocycles. The molecule has 44 heavy (non-hydrogen) atoms. The molecule has 17 unspecified atom stereocenters. The molecule has 14 nitrogen and oxygen atoms in total. The summed E-state index contributed by atoms with van der Waals surface area (Å²) in [5.74, 6) is -4.77. The maximum absolute atomic E-state index is 12.5. The second kappa shape index (κ2) is 8.41. The summed E-state index contributed by atoms with van der Waals surface area (Å²) >= 11 is 0. The number of carbonyl (C=O) groups is 2. The van der Waals surface area contributed by atoms with E-state index >= 15 is 0 Å². The lowest BCUT2D eigenvalue weighted by Crippen LogP contribution is -2.85. The molecule has 0 aromatic carbocycles. The van der Waals surface area contributed by atoms with Gasteiger partial charge in [0.05, 0.1) is 53.7 Å². The van der Waals surface area contributed by atoms with E-state index in [9.17, 15) is 40.2 Å². The van der Waals surface area contributed by atoms with Gasteiger partial charge in [0.15, 0.2) is 24.8 Å². The quantitative estimate of drug-likeness (QED) is 0.170. The van der Waals surface area contributed by atoms with E-state index in [-0.39, 0.29) is 25.0 Å². The standard InChI is InChI=1S/C30H38O14/c1-11(31)41-18-21(35)29-14-7-15(33)27(10-40-24(29)43-23(36)25(14,3)22(18)42-12(2)32)20(29)17(34)19-26(4,37)28(38,13-5-6-39-9-13)8-16-30(19,27)44-16/h5-6,9,14-24,33-38H,7-8,10H2,1-4H3. The van der Waals surface area contributed by atoms with Gasteiger partial charge >= 0.3 is 11.9 Å². The van der Waals surface area contributed by atoms with Crippen LogP contribution in [0.1, 0.15) is 46.1 Å². The smallest absolute Gasteiger partial charge is 0.303 e. The molecule has 7 fully saturated rings. The van der Waals surface area contributed by atoms with E-state index in [4.69, 9.17) is 28.1 Å². The van der Waals surface area contributed by atoms with Crippen LogP contribution in [0.25, 0.3) is 0 Å². The molecule has 2 spiro atoms. The lowest BCUT2D eigenvalue weighted by Gasteiger charge is -2.74. The number of hydrogen-bond donors (Lipinski definition) is 6. The minimum atomic E-state index is -2.05. The molecular weight excluding hydrogens is 584 g/mol.